The molecule has 0 aliphatic carbocycles. The molecule has 126 valence electrons. The number of halogens is 1. The maximum absolute atomic E-state index is 12.3. The third-order valence-electron chi connectivity index (χ3n) is 3.65. The molecule has 0 aliphatic heterocycles. The average Bonchev–Trinajstić information content (AvgIpc) is 3.20. The van der Waals surface area contributed by atoms with E-state index in [9.17, 15) is 4.79 Å². The highest BCUT2D eigenvalue weighted by Gasteiger charge is 2.23. The van der Waals surface area contributed by atoms with Crippen LogP contribution in [0.5, 0.6) is 0 Å². The van der Waals surface area contributed by atoms with Gasteiger partial charge in [0.25, 0.3) is 5.91 Å². The Bertz CT molecular complexity index is 856. The number of carbonyl (C=O) groups excluding carboxylic acids is 1. The molecule has 0 saturated heterocycles. The molecule has 3 rings (SSSR count). The Balaban J connectivity index is 2.07. The second-order valence-electron chi connectivity index (χ2n) is 5.33. The van der Waals surface area contributed by atoms with E-state index in [0.29, 0.717) is 46.2 Å². The van der Waals surface area contributed by atoms with Crippen LogP contribution in [-0.2, 0) is 13.0 Å². The predicted octanol–water partition coefficient (Wildman–Crippen LogP) is 4.00. The van der Waals surface area contributed by atoms with Crippen LogP contribution in [0.2, 0.25) is 5.15 Å². The number of hydrogen-bond acceptors (Lipinski definition) is 5. The molecule has 3 aromatic heterocycles. The Hall–Kier alpha value is -2.47. The summed E-state index contributed by atoms with van der Waals surface area (Å²) in [6.45, 7) is 2.50. The Morgan fingerprint density at radius 2 is 2.25 bits per heavy atom. The molecular formula is C17H18ClN3O3. The molecule has 24 heavy (non-hydrogen) atoms. The standard InChI is InChI=1S/C17H18ClN3O3/c1-3-5-12-14(17(22)19-2)15-16(24-12)11(8-13(18)21-15)20-9-10-6-4-7-23-10/h4,6-8H,3,5,9H2,1-2H3,(H,19,22)(H,20,21). The zero-order chi connectivity index (χ0) is 17.1. The van der Waals surface area contributed by atoms with Crippen molar-refractivity contribution in [2.75, 3.05) is 12.4 Å². The van der Waals surface area contributed by atoms with Gasteiger partial charge >= 0.3 is 0 Å². The van der Waals surface area contributed by atoms with E-state index in [1.165, 1.54) is 0 Å². The molecule has 0 fully saturated rings. The number of anilines is 1. The van der Waals surface area contributed by atoms with Gasteiger partial charge in [-0.2, -0.15) is 0 Å². The molecule has 3 heterocycles. The second kappa shape index (κ2) is 6.97. The maximum atomic E-state index is 12.3. The lowest BCUT2D eigenvalue weighted by Crippen LogP contribution is -2.19. The molecule has 0 spiro atoms. The van der Waals surface area contributed by atoms with E-state index in [-0.39, 0.29) is 5.91 Å². The normalized spacial score (nSPS) is 11.0. The van der Waals surface area contributed by atoms with Crippen molar-refractivity contribution in [1.29, 1.82) is 0 Å². The van der Waals surface area contributed by atoms with Crippen molar-refractivity contribution >= 4 is 34.3 Å². The van der Waals surface area contributed by atoms with E-state index in [4.69, 9.17) is 20.4 Å². The molecule has 0 aromatic carbocycles. The maximum Gasteiger partial charge on any atom is 0.256 e. The number of amides is 1. The molecule has 0 aliphatic rings. The van der Waals surface area contributed by atoms with E-state index in [1.54, 1.807) is 19.4 Å². The quantitative estimate of drug-likeness (QED) is 0.659. The van der Waals surface area contributed by atoms with Gasteiger partial charge in [-0.1, -0.05) is 18.5 Å². The summed E-state index contributed by atoms with van der Waals surface area (Å²) in [4.78, 5) is 16.6. The number of fused-ring (bicyclic) bond motifs is 1. The number of aryl methyl sites for hydroxylation is 1. The Kier molecular flexibility index (Phi) is 4.76. The van der Waals surface area contributed by atoms with Crippen molar-refractivity contribution in [2.24, 2.45) is 0 Å². The van der Waals surface area contributed by atoms with Crippen molar-refractivity contribution in [2.45, 2.75) is 26.3 Å². The van der Waals surface area contributed by atoms with Gasteiger partial charge in [-0.15, -0.1) is 0 Å². The Morgan fingerprint density at radius 3 is 2.92 bits per heavy atom. The lowest BCUT2D eigenvalue weighted by Gasteiger charge is -2.05. The summed E-state index contributed by atoms with van der Waals surface area (Å²) in [5, 5.41) is 6.15. The summed E-state index contributed by atoms with van der Waals surface area (Å²) >= 11 is 6.14. The van der Waals surface area contributed by atoms with Gasteiger partial charge < -0.3 is 19.5 Å². The zero-order valence-electron chi connectivity index (χ0n) is 13.5. The fraction of sp³-hybridized carbons (Fsp3) is 0.294. The molecule has 0 bridgehead atoms. The summed E-state index contributed by atoms with van der Waals surface area (Å²) in [5.41, 5.74) is 2.10. The van der Waals surface area contributed by atoms with Crippen LogP contribution in [0.3, 0.4) is 0 Å². The number of carbonyl (C=O) groups is 1. The van der Waals surface area contributed by atoms with Gasteiger partial charge in [0.05, 0.1) is 18.5 Å². The van der Waals surface area contributed by atoms with Gasteiger partial charge in [-0.05, 0) is 18.6 Å². The average molecular weight is 348 g/mol. The highest BCUT2D eigenvalue weighted by molar-refractivity contribution is 6.30. The molecule has 0 radical (unpaired) electrons. The van der Waals surface area contributed by atoms with Crippen molar-refractivity contribution in [1.82, 2.24) is 10.3 Å². The first-order chi connectivity index (χ1) is 11.6. The summed E-state index contributed by atoms with van der Waals surface area (Å²) in [6, 6.07) is 5.37. The van der Waals surface area contributed by atoms with Crippen LogP contribution in [0.4, 0.5) is 5.69 Å². The first-order valence-electron chi connectivity index (χ1n) is 7.74. The van der Waals surface area contributed by atoms with E-state index in [2.05, 4.69) is 15.6 Å². The van der Waals surface area contributed by atoms with Gasteiger partial charge in [0.2, 0.25) is 0 Å². The third kappa shape index (κ3) is 3.10. The highest BCUT2D eigenvalue weighted by atomic mass is 35.5. The van der Waals surface area contributed by atoms with Gasteiger partial charge in [0.15, 0.2) is 5.58 Å². The Labute approximate surface area is 144 Å². The summed E-state index contributed by atoms with van der Waals surface area (Å²) < 4.78 is 11.3. The number of hydrogen-bond donors (Lipinski definition) is 2. The summed E-state index contributed by atoms with van der Waals surface area (Å²) in [5.74, 6) is 1.16. The molecule has 0 saturated carbocycles. The smallest absolute Gasteiger partial charge is 0.256 e. The van der Waals surface area contributed by atoms with Crippen LogP contribution in [0.15, 0.2) is 33.3 Å². The number of pyridine rings is 1. The number of furan rings is 2. The molecule has 3 aromatic rings. The van der Waals surface area contributed by atoms with E-state index in [1.807, 2.05) is 19.1 Å². The van der Waals surface area contributed by atoms with Gasteiger partial charge in [-0.25, -0.2) is 4.98 Å². The van der Waals surface area contributed by atoms with Crippen molar-refractivity contribution < 1.29 is 13.6 Å². The fourth-order valence-corrected chi connectivity index (χ4v) is 2.76. The zero-order valence-corrected chi connectivity index (χ0v) is 14.2. The highest BCUT2D eigenvalue weighted by Crippen LogP contribution is 2.33. The van der Waals surface area contributed by atoms with Crippen LogP contribution in [0.25, 0.3) is 11.1 Å². The van der Waals surface area contributed by atoms with E-state index in [0.717, 1.165) is 12.2 Å². The summed E-state index contributed by atoms with van der Waals surface area (Å²) in [7, 11) is 1.58. The van der Waals surface area contributed by atoms with Crippen LogP contribution in [0, 0.1) is 0 Å². The predicted molar refractivity (Wildman–Crippen MR) is 92.4 cm³/mol. The fourth-order valence-electron chi connectivity index (χ4n) is 2.57. The number of rotatable bonds is 6. The lowest BCUT2D eigenvalue weighted by molar-refractivity contribution is 0.0962. The summed E-state index contributed by atoms with van der Waals surface area (Å²) in [6.07, 6.45) is 3.11. The van der Waals surface area contributed by atoms with Crippen molar-refractivity contribution in [3.63, 3.8) is 0 Å². The number of aromatic nitrogens is 1. The largest absolute Gasteiger partial charge is 0.467 e. The molecule has 6 nitrogen and oxygen atoms in total. The van der Waals surface area contributed by atoms with Crippen molar-refractivity contribution in [3.05, 3.63) is 46.7 Å². The van der Waals surface area contributed by atoms with Crippen LogP contribution in [0.1, 0.15) is 35.2 Å². The topological polar surface area (TPSA) is 80.3 Å². The lowest BCUT2D eigenvalue weighted by atomic mass is 10.1. The molecule has 0 unspecified atom stereocenters. The number of nitrogens with one attached hydrogen (secondary N) is 2. The van der Waals surface area contributed by atoms with E-state index >= 15 is 0 Å². The molecule has 1 amide bonds. The first-order valence-corrected chi connectivity index (χ1v) is 8.12. The molecule has 2 N–H and O–H groups in total. The first kappa shape index (κ1) is 16.4. The molecule has 7 heteroatoms. The molecule has 0 atom stereocenters. The van der Waals surface area contributed by atoms with Crippen LogP contribution >= 0.6 is 11.6 Å². The third-order valence-corrected chi connectivity index (χ3v) is 3.84. The second-order valence-corrected chi connectivity index (χ2v) is 5.72. The van der Waals surface area contributed by atoms with Crippen molar-refractivity contribution in [3.8, 4) is 0 Å². The minimum atomic E-state index is -0.232. The van der Waals surface area contributed by atoms with Crippen LogP contribution in [-0.4, -0.2) is 17.9 Å². The molecular weight excluding hydrogens is 330 g/mol. The Morgan fingerprint density at radius 1 is 1.42 bits per heavy atom. The van der Waals surface area contributed by atoms with Gasteiger partial charge in [0.1, 0.15) is 27.8 Å². The van der Waals surface area contributed by atoms with E-state index < -0.39 is 0 Å². The monoisotopic (exact) mass is 347 g/mol. The SMILES string of the molecule is CCCc1oc2c(NCc3ccco3)cc(Cl)nc2c1C(=O)NC. The van der Waals surface area contributed by atoms with Gasteiger partial charge in [-0.3, -0.25) is 4.79 Å². The van der Waals surface area contributed by atoms with Crippen LogP contribution < -0.4 is 10.6 Å². The number of nitrogens with zero attached hydrogens (tertiary/aromatic N) is 1. The van der Waals surface area contributed by atoms with Gasteiger partial charge in [0, 0.05) is 19.5 Å². The minimum absolute atomic E-state index is 0.232. The minimum Gasteiger partial charge on any atom is -0.467 e.